The third-order valence-electron chi connectivity index (χ3n) is 3.10. The van der Waals surface area contributed by atoms with E-state index in [2.05, 4.69) is 33.1 Å². The molecule has 3 heteroatoms. The van der Waals surface area contributed by atoms with Crippen LogP contribution in [0.4, 0.5) is 0 Å². The van der Waals surface area contributed by atoms with Crippen molar-refractivity contribution < 1.29 is 9.59 Å². The maximum absolute atomic E-state index is 9.07. The van der Waals surface area contributed by atoms with Crippen LogP contribution in [-0.4, -0.2) is 49.0 Å². The molecule has 0 heterocycles. The first-order valence-electron chi connectivity index (χ1n) is 5.76. The highest BCUT2D eigenvalue weighted by atomic mass is 16.3. The normalized spacial score (nSPS) is 17.8. The number of hydrogen-bond donors (Lipinski definition) is 2. The molecular weight excluding hydrogens is 176 g/mol. The van der Waals surface area contributed by atoms with Gasteiger partial charge in [0.25, 0.3) is 0 Å². The Balaban J connectivity index is 4.19. The summed E-state index contributed by atoms with van der Waals surface area (Å²) in [7, 11) is 2.22. The summed E-state index contributed by atoms with van der Waals surface area (Å²) in [5, 5.41) is 12.4. The van der Waals surface area contributed by atoms with Gasteiger partial charge in [-0.05, 0) is 19.9 Å². The molecule has 2 N–H and O–H groups in total. The molecular formula is C11H27N2O+. The van der Waals surface area contributed by atoms with Crippen LogP contribution in [0, 0.1) is 0 Å². The molecule has 0 aliphatic heterocycles. The van der Waals surface area contributed by atoms with E-state index in [-0.39, 0.29) is 6.61 Å². The first-order valence-corrected chi connectivity index (χ1v) is 5.76. The minimum Gasteiger partial charge on any atom is -0.391 e. The lowest BCUT2D eigenvalue weighted by atomic mass is 10.1. The number of nitrogens with one attached hydrogen (secondary N) is 1. The van der Waals surface area contributed by atoms with E-state index in [0.29, 0.717) is 6.04 Å². The van der Waals surface area contributed by atoms with Gasteiger partial charge < -0.3 is 9.59 Å². The number of nitrogens with zero attached hydrogens (tertiary/aromatic N) is 1. The lowest BCUT2D eigenvalue weighted by Crippen LogP contribution is -2.56. The van der Waals surface area contributed by atoms with E-state index in [1.165, 1.54) is 12.8 Å². The molecule has 3 nitrogen and oxygen atoms in total. The molecule has 0 saturated carbocycles. The monoisotopic (exact) mass is 203 g/mol. The van der Waals surface area contributed by atoms with Crippen molar-refractivity contribution >= 4 is 0 Å². The Hall–Kier alpha value is -0.120. The van der Waals surface area contributed by atoms with Crippen molar-refractivity contribution in [2.75, 3.05) is 33.4 Å². The highest BCUT2D eigenvalue weighted by molar-refractivity contribution is 4.52. The Kier molecular flexibility index (Phi) is 7.15. The third-order valence-corrected chi connectivity index (χ3v) is 3.10. The number of likely N-dealkylation sites (N-methyl/N-ethyl adjacent to an activating group) is 1. The zero-order valence-corrected chi connectivity index (χ0v) is 10.2. The van der Waals surface area contributed by atoms with E-state index in [4.69, 9.17) is 5.11 Å². The summed E-state index contributed by atoms with van der Waals surface area (Å²) in [5.74, 6) is 0. The standard InChI is InChI=1S/C11H27N2O/c1-5-7-11(3)13(4,8-9-14)10-12-6-2/h11-12,14H,5-10H2,1-4H3/q+1/t11-,13?/m1/s1. The van der Waals surface area contributed by atoms with Crippen molar-refractivity contribution in [1.29, 1.82) is 0 Å². The molecule has 0 spiro atoms. The van der Waals surface area contributed by atoms with Crippen molar-refractivity contribution in [3.05, 3.63) is 0 Å². The van der Waals surface area contributed by atoms with Crippen LogP contribution in [0.1, 0.15) is 33.6 Å². The fourth-order valence-corrected chi connectivity index (χ4v) is 1.78. The molecule has 1 unspecified atom stereocenters. The third kappa shape index (κ3) is 4.40. The molecule has 0 bridgehead atoms. The van der Waals surface area contributed by atoms with Crippen molar-refractivity contribution in [2.24, 2.45) is 0 Å². The molecule has 0 aromatic heterocycles. The lowest BCUT2D eigenvalue weighted by Gasteiger charge is -2.39. The van der Waals surface area contributed by atoms with Crippen molar-refractivity contribution in [2.45, 2.75) is 39.7 Å². The summed E-state index contributed by atoms with van der Waals surface area (Å²) in [6.07, 6.45) is 2.44. The molecule has 0 aromatic carbocycles. The largest absolute Gasteiger partial charge is 0.391 e. The maximum Gasteiger partial charge on any atom is 0.132 e. The molecule has 86 valence electrons. The Morgan fingerprint density at radius 2 is 2.00 bits per heavy atom. The quantitative estimate of drug-likeness (QED) is 0.459. The number of rotatable bonds is 8. The number of aliphatic hydroxyl groups is 1. The summed E-state index contributed by atoms with van der Waals surface area (Å²) in [5.41, 5.74) is 0. The second-order valence-electron chi connectivity index (χ2n) is 4.33. The molecule has 0 aromatic rings. The van der Waals surface area contributed by atoms with Crippen LogP contribution in [0.5, 0.6) is 0 Å². The van der Waals surface area contributed by atoms with Crippen LogP contribution in [0.2, 0.25) is 0 Å². The zero-order chi connectivity index (χ0) is 11.0. The Morgan fingerprint density at radius 3 is 2.43 bits per heavy atom. The van der Waals surface area contributed by atoms with Gasteiger partial charge in [-0.3, -0.25) is 5.32 Å². The lowest BCUT2D eigenvalue weighted by molar-refractivity contribution is -0.934. The van der Waals surface area contributed by atoms with Crippen LogP contribution < -0.4 is 5.32 Å². The minimum absolute atomic E-state index is 0.274. The zero-order valence-electron chi connectivity index (χ0n) is 10.2. The summed E-state index contributed by atoms with van der Waals surface area (Å²) in [4.78, 5) is 0. The molecule has 2 atom stereocenters. The van der Waals surface area contributed by atoms with Gasteiger partial charge in [0.2, 0.25) is 0 Å². The highest BCUT2D eigenvalue weighted by Gasteiger charge is 2.26. The molecule has 0 radical (unpaired) electrons. The van der Waals surface area contributed by atoms with Gasteiger partial charge in [0.05, 0.1) is 19.7 Å². The fourth-order valence-electron chi connectivity index (χ4n) is 1.78. The van der Waals surface area contributed by atoms with Crippen LogP contribution >= 0.6 is 0 Å². The first-order chi connectivity index (χ1) is 6.60. The second-order valence-corrected chi connectivity index (χ2v) is 4.33. The Bertz CT molecular complexity index is 141. The molecule has 0 fully saturated rings. The number of aliphatic hydroxyl groups excluding tert-OH is 1. The van der Waals surface area contributed by atoms with Crippen LogP contribution in [0.3, 0.4) is 0 Å². The maximum atomic E-state index is 9.07. The topological polar surface area (TPSA) is 32.3 Å². The van der Waals surface area contributed by atoms with Gasteiger partial charge in [0.15, 0.2) is 0 Å². The van der Waals surface area contributed by atoms with Gasteiger partial charge in [-0.2, -0.15) is 0 Å². The minimum atomic E-state index is 0.274. The molecule has 0 aliphatic carbocycles. The van der Waals surface area contributed by atoms with Crippen molar-refractivity contribution in [3.8, 4) is 0 Å². The van der Waals surface area contributed by atoms with Gasteiger partial charge in [0, 0.05) is 0 Å². The molecule has 0 rings (SSSR count). The van der Waals surface area contributed by atoms with Crippen LogP contribution in [-0.2, 0) is 0 Å². The number of hydrogen-bond acceptors (Lipinski definition) is 2. The number of quaternary nitrogens is 1. The smallest absolute Gasteiger partial charge is 0.132 e. The van der Waals surface area contributed by atoms with Crippen molar-refractivity contribution in [3.63, 3.8) is 0 Å². The summed E-state index contributed by atoms with van der Waals surface area (Å²) in [6, 6.07) is 0.617. The van der Waals surface area contributed by atoms with Crippen LogP contribution in [0.15, 0.2) is 0 Å². The fraction of sp³-hybridized carbons (Fsp3) is 1.00. The van der Waals surface area contributed by atoms with Gasteiger partial charge in [-0.15, -0.1) is 0 Å². The molecule has 14 heavy (non-hydrogen) atoms. The predicted molar refractivity (Wildman–Crippen MR) is 61.1 cm³/mol. The van der Waals surface area contributed by atoms with E-state index in [1.807, 2.05) is 0 Å². The van der Waals surface area contributed by atoms with Crippen LogP contribution in [0.25, 0.3) is 0 Å². The summed E-state index contributed by atoms with van der Waals surface area (Å²) >= 11 is 0. The molecule has 0 saturated heterocycles. The van der Waals surface area contributed by atoms with E-state index < -0.39 is 0 Å². The highest BCUT2D eigenvalue weighted by Crippen LogP contribution is 2.13. The Labute approximate surface area is 88.7 Å². The van der Waals surface area contributed by atoms with E-state index in [0.717, 1.165) is 24.2 Å². The SMILES string of the molecule is CCC[C@@H](C)[N+](C)(CCO)CNCC. The molecule has 0 amide bonds. The van der Waals surface area contributed by atoms with Gasteiger partial charge in [0.1, 0.15) is 13.2 Å². The van der Waals surface area contributed by atoms with Gasteiger partial charge in [-0.1, -0.05) is 20.3 Å². The van der Waals surface area contributed by atoms with E-state index in [9.17, 15) is 0 Å². The van der Waals surface area contributed by atoms with E-state index in [1.54, 1.807) is 0 Å². The second kappa shape index (κ2) is 7.21. The van der Waals surface area contributed by atoms with Gasteiger partial charge >= 0.3 is 0 Å². The van der Waals surface area contributed by atoms with E-state index >= 15 is 0 Å². The average molecular weight is 203 g/mol. The Morgan fingerprint density at radius 1 is 1.36 bits per heavy atom. The first kappa shape index (κ1) is 13.9. The summed E-state index contributed by atoms with van der Waals surface area (Å²) in [6.45, 7) is 9.68. The average Bonchev–Trinajstić information content (AvgIpc) is 2.15. The van der Waals surface area contributed by atoms with Crippen molar-refractivity contribution in [1.82, 2.24) is 5.32 Å². The molecule has 0 aliphatic rings. The predicted octanol–water partition coefficient (Wildman–Crippen LogP) is 1.18. The van der Waals surface area contributed by atoms with Gasteiger partial charge in [-0.25, -0.2) is 0 Å². The summed E-state index contributed by atoms with van der Waals surface area (Å²) < 4.78 is 0.929.